The lowest BCUT2D eigenvalue weighted by Crippen LogP contribution is -2.39. The van der Waals surface area contributed by atoms with Crippen molar-refractivity contribution in [1.29, 1.82) is 0 Å². The molecule has 104 valence electrons. The van der Waals surface area contributed by atoms with E-state index in [1.54, 1.807) is 0 Å². The fourth-order valence-corrected chi connectivity index (χ4v) is 3.29. The first-order valence-corrected chi connectivity index (χ1v) is 7.69. The number of hydrogen-bond acceptors (Lipinski definition) is 1. The molecule has 0 atom stereocenters. The van der Waals surface area contributed by atoms with Gasteiger partial charge >= 0.3 is 0 Å². The van der Waals surface area contributed by atoms with Crippen LogP contribution in [0.3, 0.4) is 0 Å². The number of nitrogens with one attached hydrogen (secondary N) is 2. The van der Waals surface area contributed by atoms with Crippen molar-refractivity contribution in [2.45, 2.75) is 52.0 Å². The van der Waals surface area contributed by atoms with Crippen molar-refractivity contribution in [3.05, 3.63) is 28.3 Å². The molecule has 0 aliphatic heterocycles. The number of halogens is 1. The molecular weight excluding hydrogens is 276 g/mol. The van der Waals surface area contributed by atoms with E-state index < -0.39 is 0 Å². The predicted octanol–water partition coefficient (Wildman–Crippen LogP) is 4.58. The maximum absolute atomic E-state index is 6.27. The number of thiocarbonyl (C=S) groups is 1. The third kappa shape index (κ3) is 4.08. The highest BCUT2D eigenvalue weighted by atomic mass is 35.5. The van der Waals surface area contributed by atoms with E-state index in [0.29, 0.717) is 11.2 Å². The molecule has 0 unspecified atom stereocenters. The van der Waals surface area contributed by atoms with Gasteiger partial charge in [-0.05, 0) is 56.1 Å². The quantitative estimate of drug-likeness (QED) is 0.781. The van der Waals surface area contributed by atoms with E-state index in [0.717, 1.165) is 16.3 Å². The van der Waals surface area contributed by atoms with E-state index in [2.05, 4.69) is 16.7 Å². The molecule has 0 saturated heterocycles. The zero-order valence-electron chi connectivity index (χ0n) is 11.6. The van der Waals surface area contributed by atoms with Crippen LogP contribution in [0.15, 0.2) is 12.1 Å². The minimum Gasteiger partial charge on any atom is -0.360 e. The van der Waals surface area contributed by atoms with Crippen LogP contribution in [0.1, 0.15) is 43.2 Å². The molecule has 4 heteroatoms. The minimum absolute atomic E-state index is 0.512. The normalized spacial score (nSPS) is 16.2. The summed E-state index contributed by atoms with van der Waals surface area (Å²) in [7, 11) is 0. The molecule has 0 radical (unpaired) electrons. The van der Waals surface area contributed by atoms with E-state index >= 15 is 0 Å². The second kappa shape index (κ2) is 6.58. The molecule has 1 saturated carbocycles. The maximum atomic E-state index is 6.27. The van der Waals surface area contributed by atoms with Crippen molar-refractivity contribution < 1.29 is 0 Å². The first-order valence-electron chi connectivity index (χ1n) is 6.90. The van der Waals surface area contributed by atoms with Gasteiger partial charge in [-0.25, -0.2) is 0 Å². The summed E-state index contributed by atoms with van der Waals surface area (Å²) in [5.41, 5.74) is 3.21. The zero-order chi connectivity index (χ0) is 13.8. The van der Waals surface area contributed by atoms with Gasteiger partial charge in [0.15, 0.2) is 5.11 Å². The van der Waals surface area contributed by atoms with Crippen molar-refractivity contribution in [3.8, 4) is 0 Å². The molecule has 0 heterocycles. The standard InChI is InChI=1S/C15H21ClN2S/c1-10-8-11(2)14(13(16)9-10)18-15(19)17-12-6-4-3-5-7-12/h8-9,12H,3-7H2,1-2H3,(H2,17,18,19). The van der Waals surface area contributed by atoms with Crippen LogP contribution in [0.25, 0.3) is 0 Å². The smallest absolute Gasteiger partial charge is 0.171 e. The Kier molecular flexibility index (Phi) is 5.06. The summed E-state index contributed by atoms with van der Waals surface area (Å²) in [5.74, 6) is 0. The first-order chi connectivity index (χ1) is 9.06. The fourth-order valence-electron chi connectivity index (χ4n) is 2.66. The largest absolute Gasteiger partial charge is 0.360 e. The van der Waals surface area contributed by atoms with Crippen molar-refractivity contribution in [2.75, 3.05) is 5.32 Å². The van der Waals surface area contributed by atoms with E-state index in [1.165, 1.54) is 37.7 Å². The van der Waals surface area contributed by atoms with Crippen LogP contribution in [0.5, 0.6) is 0 Å². The predicted molar refractivity (Wildman–Crippen MR) is 87.2 cm³/mol. The maximum Gasteiger partial charge on any atom is 0.171 e. The Morgan fingerprint density at radius 3 is 2.53 bits per heavy atom. The third-order valence-electron chi connectivity index (χ3n) is 3.61. The van der Waals surface area contributed by atoms with E-state index in [9.17, 15) is 0 Å². The molecule has 1 aromatic carbocycles. The number of rotatable bonds is 2. The summed E-state index contributed by atoms with van der Waals surface area (Å²) in [5, 5.41) is 8.05. The molecule has 1 fully saturated rings. The second-order valence-corrected chi connectivity index (χ2v) is 6.19. The van der Waals surface area contributed by atoms with Crippen LogP contribution in [0, 0.1) is 13.8 Å². The average Bonchev–Trinajstić information content (AvgIpc) is 2.35. The van der Waals surface area contributed by atoms with Gasteiger partial charge in [-0.2, -0.15) is 0 Å². The van der Waals surface area contributed by atoms with E-state index in [-0.39, 0.29) is 0 Å². The Bertz CT molecular complexity index is 444. The molecule has 1 aromatic rings. The minimum atomic E-state index is 0.512. The van der Waals surface area contributed by atoms with Crippen LogP contribution in [0.2, 0.25) is 5.02 Å². The van der Waals surface area contributed by atoms with Crippen LogP contribution in [-0.2, 0) is 0 Å². The van der Waals surface area contributed by atoms with Gasteiger partial charge in [0, 0.05) is 6.04 Å². The lowest BCUT2D eigenvalue weighted by Gasteiger charge is -2.25. The Balaban J connectivity index is 1.98. The summed E-state index contributed by atoms with van der Waals surface area (Å²) >= 11 is 11.7. The SMILES string of the molecule is Cc1cc(C)c(NC(=S)NC2CCCCC2)c(Cl)c1. The molecule has 0 aromatic heterocycles. The van der Waals surface area contributed by atoms with Gasteiger partial charge in [-0.1, -0.05) is 36.9 Å². The van der Waals surface area contributed by atoms with Gasteiger partial charge in [0.25, 0.3) is 0 Å². The highest BCUT2D eigenvalue weighted by molar-refractivity contribution is 7.80. The second-order valence-electron chi connectivity index (χ2n) is 5.37. The summed E-state index contributed by atoms with van der Waals surface area (Å²) in [4.78, 5) is 0. The molecule has 19 heavy (non-hydrogen) atoms. The lowest BCUT2D eigenvalue weighted by molar-refractivity contribution is 0.415. The van der Waals surface area contributed by atoms with Gasteiger partial charge < -0.3 is 10.6 Å². The highest BCUT2D eigenvalue weighted by Gasteiger charge is 2.15. The average molecular weight is 297 g/mol. The Labute approximate surface area is 125 Å². The Morgan fingerprint density at radius 2 is 1.89 bits per heavy atom. The molecule has 2 nitrogen and oxygen atoms in total. The first kappa shape index (κ1) is 14.6. The molecular formula is C15H21ClN2S. The van der Waals surface area contributed by atoms with E-state index in [4.69, 9.17) is 23.8 Å². The zero-order valence-corrected chi connectivity index (χ0v) is 13.1. The highest BCUT2D eigenvalue weighted by Crippen LogP contribution is 2.27. The number of hydrogen-bond donors (Lipinski definition) is 2. The third-order valence-corrected chi connectivity index (χ3v) is 4.13. The number of anilines is 1. The van der Waals surface area contributed by atoms with Crippen LogP contribution < -0.4 is 10.6 Å². The van der Waals surface area contributed by atoms with Gasteiger partial charge in [0.2, 0.25) is 0 Å². The van der Waals surface area contributed by atoms with Crippen LogP contribution >= 0.6 is 23.8 Å². The van der Waals surface area contributed by atoms with Crippen molar-refractivity contribution >= 4 is 34.6 Å². The van der Waals surface area contributed by atoms with Crippen LogP contribution in [-0.4, -0.2) is 11.2 Å². The molecule has 1 aliphatic carbocycles. The van der Waals surface area contributed by atoms with Gasteiger partial charge in [-0.15, -0.1) is 0 Å². The Morgan fingerprint density at radius 1 is 1.21 bits per heavy atom. The topological polar surface area (TPSA) is 24.1 Å². The van der Waals surface area contributed by atoms with Crippen molar-refractivity contribution in [3.63, 3.8) is 0 Å². The van der Waals surface area contributed by atoms with Crippen molar-refractivity contribution in [1.82, 2.24) is 5.32 Å². The van der Waals surface area contributed by atoms with Gasteiger partial charge in [0.1, 0.15) is 0 Å². The summed E-state index contributed by atoms with van der Waals surface area (Å²) in [6.07, 6.45) is 6.36. The molecule has 0 bridgehead atoms. The summed E-state index contributed by atoms with van der Waals surface area (Å²) in [6, 6.07) is 4.58. The fraction of sp³-hybridized carbons (Fsp3) is 0.533. The van der Waals surface area contributed by atoms with E-state index in [1.807, 2.05) is 19.9 Å². The monoisotopic (exact) mass is 296 g/mol. The summed E-state index contributed by atoms with van der Waals surface area (Å²) < 4.78 is 0. The Hall–Kier alpha value is -0.800. The van der Waals surface area contributed by atoms with Crippen molar-refractivity contribution in [2.24, 2.45) is 0 Å². The van der Waals surface area contributed by atoms with Gasteiger partial charge in [-0.3, -0.25) is 0 Å². The number of aryl methyl sites for hydroxylation is 2. The molecule has 0 spiro atoms. The molecule has 2 rings (SSSR count). The summed E-state index contributed by atoms with van der Waals surface area (Å²) in [6.45, 7) is 4.09. The number of benzene rings is 1. The lowest BCUT2D eigenvalue weighted by atomic mass is 9.96. The van der Waals surface area contributed by atoms with Crippen LogP contribution in [0.4, 0.5) is 5.69 Å². The molecule has 0 amide bonds. The molecule has 2 N–H and O–H groups in total. The van der Waals surface area contributed by atoms with Gasteiger partial charge in [0.05, 0.1) is 10.7 Å². The molecule has 1 aliphatic rings.